The second kappa shape index (κ2) is 11.4. The SMILES string of the molecule is COCCNC(=O)CN1CCN(c2ccc(NC(=O)c3ccc(C)cc3)c(C(=O)O)c2)CC1. The molecule has 0 unspecified atom stereocenters. The van der Waals surface area contributed by atoms with E-state index in [1.165, 1.54) is 0 Å². The number of nitrogens with one attached hydrogen (secondary N) is 2. The lowest BCUT2D eigenvalue weighted by molar-refractivity contribution is -0.122. The second-order valence-electron chi connectivity index (χ2n) is 7.96. The molecule has 33 heavy (non-hydrogen) atoms. The molecule has 0 saturated carbocycles. The zero-order chi connectivity index (χ0) is 23.8. The molecule has 0 spiro atoms. The van der Waals surface area contributed by atoms with Crippen LogP contribution in [0.2, 0.25) is 0 Å². The number of hydrogen-bond acceptors (Lipinski definition) is 6. The number of rotatable bonds is 9. The first-order chi connectivity index (χ1) is 15.9. The topological polar surface area (TPSA) is 111 Å². The molecule has 176 valence electrons. The van der Waals surface area contributed by atoms with Crippen molar-refractivity contribution in [2.24, 2.45) is 0 Å². The van der Waals surface area contributed by atoms with Crippen molar-refractivity contribution in [1.82, 2.24) is 10.2 Å². The van der Waals surface area contributed by atoms with Crippen molar-refractivity contribution in [1.29, 1.82) is 0 Å². The van der Waals surface area contributed by atoms with E-state index in [-0.39, 0.29) is 23.1 Å². The number of anilines is 2. The molecule has 1 aliphatic rings. The van der Waals surface area contributed by atoms with Crippen molar-refractivity contribution in [2.75, 3.05) is 63.2 Å². The van der Waals surface area contributed by atoms with Gasteiger partial charge in [0.2, 0.25) is 5.91 Å². The van der Waals surface area contributed by atoms with E-state index in [1.54, 1.807) is 31.4 Å². The van der Waals surface area contributed by atoms with Crippen LogP contribution in [0.1, 0.15) is 26.3 Å². The highest BCUT2D eigenvalue weighted by Crippen LogP contribution is 2.25. The molecule has 9 nitrogen and oxygen atoms in total. The summed E-state index contributed by atoms with van der Waals surface area (Å²) < 4.78 is 4.93. The number of carboxylic acids is 1. The van der Waals surface area contributed by atoms with E-state index >= 15 is 0 Å². The Morgan fingerprint density at radius 2 is 1.73 bits per heavy atom. The molecule has 2 aromatic carbocycles. The van der Waals surface area contributed by atoms with Crippen molar-refractivity contribution in [2.45, 2.75) is 6.92 Å². The molecule has 0 aromatic heterocycles. The fourth-order valence-electron chi connectivity index (χ4n) is 3.63. The van der Waals surface area contributed by atoms with E-state index in [2.05, 4.69) is 20.4 Å². The smallest absolute Gasteiger partial charge is 0.337 e. The Morgan fingerprint density at radius 3 is 2.36 bits per heavy atom. The number of carboxylic acid groups (broad SMARTS) is 1. The normalized spacial score (nSPS) is 14.1. The summed E-state index contributed by atoms with van der Waals surface area (Å²) >= 11 is 0. The van der Waals surface area contributed by atoms with E-state index in [0.717, 1.165) is 11.3 Å². The first kappa shape index (κ1) is 24.2. The number of benzene rings is 2. The predicted octanol–water partition coefficient (Wildman–Crippen LogP) is 1.83. The fraction of sp³-hybridized carbons (Fsp3) is 0.375. The van der Waals surface area contributed by atoms with Gasteiger partial charge in [-0.25, -0.2) is 4.79 Å². The first-order valence-electron chi connectivity index (χ1n) is 10.9. The Labute approximate surface area is 193 Å². The highest BCUT2D eigenvalue weighted by atomic mass is 16.5. The Morgan fingerprint density at radius 1 is 1.03 bits per heavy atom. The zero-order valence-electron chi connectivity index (χ0n) is 19.0. The summed E-state index contributed by atoms with van der Waals surface area (Å²) in [6, 6.07) is 12.1. The molecule has 1 saturated heterocycles. The largest absolute Gasteiger partial charge is 0.478 e. The summed E-state index contributed by atoms with van der Waals surface area (Å²) in [5, 5.41) is 15.2. The van der Waals surface area contributed by atoms with Crippen LogP contribution in [0.3, 0.4) is 0 Å². The number of aromatic carboxylic acids is 1. The number of amides is 2. The molecule has 3 N–H and O–H groups in total. The number of nitrogens with zero attached hydrogens (tertiary/aromatic N) is 2. The van der Waals surface area contributed by atoms with Crippen molar-refractivity contribution >= 4 is 29.2 Å². The van der Waals surface area contributed by atoms with Gasteiger partial charge < -0.3 is 25.4 Å². The quantitative estimate of drug-likeness (QED) is 0.496. The minimum Gasteiger partial charge on any atom is -0.478 e. The molecule has 1 fully saturated rings. The lowest BCUT2D eigenvalue weighted by Gasteiger charge is -2.36. The highest BCUT2D eigenvalue weighted by Gasteiger charge is 2.21. The number of carbonyl (C=O) groups is 3. The molecule has 3 rings (SSSR count). The van der Waals surface area contributed by atoms with Crippen molar-refractivity contribution in [3.8, 4) is 0 Å². The summed E-state index contributed by atoms with van der Waals surface area (Å²) in [6.45, 7) is 5.92. The van der Waals surface area contributed by atoms with Crippen LogP contribution in [-0.4, -0.2) is 80.8 Å². The highest BCUT2D eigenvalue weighted by molar-refractivity contribution is 6.08. The van der Waals surface area contributed by atoms with Crippen LogP contribution in [0.5, 0.6) is 0 Å². The molecule has 0 radical (unpaired) electrons. The van der Waals surface area contributed by atoms with Gasteiger partial charge in [-0.15, -0.1) is 0 Å². The van der Waals surface area contributed by atoms with Crippen molar-refractivity contribution in [3.63, 3.8) is 0 Å². The Bertz CT molecular complexity index is 985. The average molecular weight is 455 g/mol. The second-order valence-corrected chi connectivity index (χ2v) is 7.96. The van der Waals surface area contributed by atoms with Gasteiger partial charge in [0.05, 0.1) is 24.4 Å². The van der Waals surface area contributed by atoms with E-state index in [1.807, 2.05) is 25.1 Å². The molecular weight excluding hydrogens is 424 g/mol. The van der Waals surface area contributed by atoms with Gasteiger partial charge in [-0.05, 0) is 37.3 Å². The van der Waals surface area contributed by atoms with Crippen LogP contribution in [0, 0.1) is 6.92 Å². The van der Waals surface area contributed by atoms with Crippen LogP contribution in [0.4, 0.5) is 11.4 Å². The third kappa shape index (κ3) is 6.77. The first-order valence-corrected chi connectivity index (χ1v) is 10.9. The summed E-state index contributed by atoms with van der Waals surface area (Å²) in [5.41, 5.74) is 2.55. The number of carbonyl (C=O) groups excluding carboxylic acids is 2. The molecule has 0 aliphatic carbocycles. The summed E-state index contributed by atoms with van der Waals surface area (Å²) in [6.07, 6.45) is 0. The van der Waals surface area contributed by atoms with Gasteiger partial charge in [0, 0.05) is 51.1 Å². The number of aryl methyl sites for hydroxylation is 1. The lowest BCUT2D eigenvalue weighted by Crippen LogP contribution is -2.49. The number of ether oxygens (including phenoxy) is 1. The van der Waals surface area contributed by atoms with Gasteiger partial charge in [0.25, 0.3) is 5.91 Å². The standard InChI is InChI=1S/C24H30N4O5/c1-17-3-5-18(6-4-17)23(30)26-21-8-7-19(15-20(21)24(31)32)28-12-10-27(11-13-28)16-22(29)25-9-14-33-2/h3-8,15H,9-14,16H2,1-2H3,(H,25,29)(H,26,30)(H,31,32). The van der Waals surface area contributed by atoms with Gasteiger partial charge >= 0.3 is 5.97 Å². The maximum Gasteiger partial charge on any atom is 0.337 e. The molecular formula is C24H30N4O5. The Hall–Kier alpha value is -3.43. The Kier molecular flexibility index (Phi) is 8.39. The van der Waals surface area contributed by atoms with Gasteiger partial charge in [-0.3, -0.25) is 14.5 Å². The van der Waals surface area contributed by atoms with Crippen molar-refractivity contribution in [3.05, 3.63) is 59.2 Å². The van der Waals surface area contributed by atoms with Gasteiger partial charge in [-0.2, -0.15) is 0 Å². The molecule has 1 heterocycles. The number of hydrogen-bond donors (Lipinski definition) is 3. The van der Waals surface area contributed by atoms with Crippen LogP contribution in [0.25, 0.3) is 0 Å². The molecule has 2 amide bonds. The molecule has 0 bridgehead atoms. The predicted molar refractivity (Wildman–Crippen MR) is 126 cm³/mol. The maximum atomic E-state index is 12.5. The van der Waals surface area contributed by atoms with Crippen LogP contribution in [0.15, 0.2) is 42.5 Å². The van der Waals surface area contributed by atoms with Gasteiger partial charge in [0.15, 0.2) is 0 Å². The molecule has 2 aromatic rings. The van der Waals surface area contributed by atoms with E-state index in [0.29, 0.717) is 51.4 Å². The minimum atomic E-state index is -1.11. The Balaban J connectivity index is 1.61. The monoisotopic (exact) mass is 454 g/mol. The molecule has 0 atom stereocenters. The van der Waals surface area contributed by atoms with E-state index < -0.39 is 5.97 Å². The van der Waals surface area contributed by atoms with Crippen molar-refractivity contribution < 1.29 is 24.2 Å². The minimum absolute atomic E-state index is 0.0351. The van der Waals surface area contributed by atoms with Gasteiger partial charge in [0.1, 0.15) is 0 Å². The summed E-state index contributed by atoms with van der Waals surface area (Å²) in [4.78, 5) is 40.5. The van der Waals surface area contributed by atoms with Crippen LogP contribution < -0.4 is 15.5 Å². The third-order valence-corrected chi connectivity index (χ3v) is 5.53. The summed E-state index contributed by atoms with van der Waals surface area (Å²) in [5.74, 6) is -1.51. The zero-order valence-corrected chi connectivity index (χ0v) is 19.0. The van der Waals surface area contributed by atoms with Crippen LogP contribution >= 0.6 is 0 Å². The average Bonchev–Trinajstić information content (AvgIpc) is 2.80. The van der Waals surface area contributed by atoms with E-state index in [9.17, 15) is 19.5 Å². The lowest BCUT2D eigenvalue weighted by atomic mass is 10.1. The fourth-order valence-corrected chi connectivity index (χ4v) is 3.63. The molecule has 9 heteroatoms. The number of methoxy groups -OCH3 is 1. The van der Waals surface area contributed by atoms with Gasteiger partial charge in [-0.1, -0.05) is 17.7 Å². The third-order valence-electron chi connectivity index (χ3n) is 5.53. The maximum absolute atomic E-state index is 12.5. The van der Waals surface area contributed by atoms with E-state index in [4.69, 9.17) is 4.74 Å². The molecule has 1 aliphatic heterocycles. The van der Waals surface area contributed by atoms with Crippen LogP contribution in [-0.2, 0) is 9.53 Å². The summed E-state index contributed by atoms with van der Waals surface area (Å²) in [7, 11) is 1.59. The number of piperazine rings is 1.